The Morgan fingerprint density at radius 2 is 2.19 bits per heavy atom. The molecule has 0 radical (unpaired) electrons. The molecule has 2 rings (SSSR count). The van der Waals surface area contributed by atoms with Crippen LogP contribution in [0.3, 0.4) is 0 Å². The normalized spacial score (nSPS) is 19.6. The highest BCUT2D eigenvalue weighted by Gasteiger charge is 2.29. The van der Waals surface area contributed by atoms with Crippen LogP contribution < -0.4 is 0 Å². The maximum Gasteiger partial charge on any atom is 0.274 e. The van der Waals surface area contributed by atoms with Gasteiger partial charge in [-0.3, -0.25) is 4.79 Å². The van der Waals surface area contributed by atoms with Gasteiger partial charge in [0.05, 0.1) is 11.2 Å². The Hall–Kier alpha value is -1.21. The van der Waals surface area contributed by atoms with Crippen molar-refractivity contribution < 1.29 is 13.2 Å². The van der Waals surface area contributed by atoms with E-state index in [0.717, 1.165) is 31.9 Å². The molecule has 2 heterocycles. The summed E-state index contributed by atoms with van der Waals surface area (Å²) in [5.74, 6) is -0.321. The fourth-order valence-electron chi connectivity index (χ4n) is 2.51. The maximum atomic E-state index is 12.6. The van der Waals surface area contributed by atoms with Gasteiger partial charge >= 0.3 is 0 Å². The van der Waals surface area contributed by atoms with E-state index in [2.05, 4.69) is 9.97 Å². The summed E-state index contributed by atoms with van der Waals surface area (Å²) in [7, 11) is -3.58. The lowest BCUT2D eigenvalue weighted by molar-refractivity contribution is 0.0601. The van der Waals surface area contributed by atoms with Crippen LogP contribution in [-0.4, -0.2) is 48.0 Å². The second-order valence-corrected chi connectivity index (χ2v) is 7.49. The Labute approximate surface area is 129 Å². The molecule has 116 valence electrons. The molecular weight excluding hydrogens is 314 g/mol. The number of hydrogen-bond acceptors (Lipinski definition) is 5. The number of amides is 1. The zero-order valence-corrected chi connectivity index (χ0v) is 13.6. The summed E-state index contributed by atoms with van der Waals surface area (Å²) in [5.41, 5.74) is -0.0348. The van der Waals surface area contributed by atoms with Crippen molar-refractivity contribution in [3.8, 4) is 0 Å². The molecular formula is C13H18ClN3O3S. The lowest BCUT2D eigenvalue weighted by Crippen LogP contribution is -2.43. The van der Waals surface area contributed by atoms with E-state index in [4.69, 9.17) is 11.6 Å². The predicted octanol–water partition coefficient (Wildman–Crippen LogP) is 1.94. The molecule has 1 aromatic rings. The molecule has 1 fully saturated rings. The lowest BCUT2D eigenvalue weighted by atomic mass is 9.99. The number of aromatic nitrogens is 2. The molecule has 0 aliphatic carbocycles. The minimum atomic E-state index is -3.58. The highest BCUT2D eigenvalue weighted by molar-refractivity contribution is 7.90. The number of carbonyl (C=O) groups excluding carboxylic acids is 1. The first kappa shape index (κ1) is 16.2. The number of piperidine rings is 1. The zero-order chi connectivity index (χ0) is 15.6. The van der Waals surface area contributed by atoms with Crippen molar-refractivity contribution in [2.24, 2.45) is 0 Å². The summed E-state index contributed by atoms with van der Waals surface area (Å²) in [6.07, 6.45) is 6.00. The Bertz CT molecular complexity index is 648. The molecule has 0 saturated carbocycles. The van der Waals surface area contributed by atoms with E-state index >= 15 is 0 Å². The number of likely N-dealkylation sites (tertiary alicyclic amines) is 1. The van der Waals surface area contributed by atoms with Gasteiger partial charge in [-0.25, -0.2) is 18.4 Å². The highest BCUT2D eigenvalue weighted by atomic mass is 35.5. The average molecular weight is 332 g/mol. The van der Waals surface area contributed by atoms with E-state index in [0.29, 0.717) is 6.54 Å². The van der Waals surface area contributed by atoms with Crippen LogP contribution in [0.4, 0.5) is 0 Å². The van der Waals surface area contributed by atoms with E-state index in [1.165, 1.54) is 6.20 Å². The molecule has 1 aliphatic rings. The summed E-state index contributed by atoms with van der Waals surface area (Å²) in [4.78, 5) is 21.9. The van der Waals surface area contributed by atoms with Gasteiger partial charge in [-0.1, -0.05) is 18.5 Å². The molecule has 0 spiro atoms. The van der Waals surface area contributed by atoms with Gasteiger partial charge in [0.25, 0.3) is 5.91 Å². The molecule has 8 heteroatoms. The maximum absolute atomic E-state index is 12.6. The van der Waals surface area contributed by atoms with E-state index in [-0.39, 0.29) is 27.8 Å². The Kier molecular flexibility index (Phi) is 4.83. The van der Waals surface area contributed by atoms with Crippen molar-refractivity contribution in [1.82, 2.24) is 14.9 Å². The fraction of sp³-hybridized carbons (Fsp3) is 0.615. The Morgan fingerprint density at radius 3 is 2.81 bits per heavy atom. The van der Waals surface area contributed by atoms with Gasteiger partial charge < -0.3 is 4.90 Å². The highest BCUT2D eigenvalue weighted by Crippen LogP contribution is 2.24. The van der Waals surface area contributed by atoms with E-state index < -0.39 is 9.84 Å². The number of halogens is 1. The summed E-state index contributed by atoms with van der Waals surface area (Å²) in [6.45, 7) is 2.67. The quantitative estimate of drug-likeness (QED) is 0.791. The second-order valence-electron chi connectivity index (χ2n) is 5.18. The van der Waals surface area contributed by atoms with Gasteiger partial charge in [0.1, 0.15) is 0 Å². The number of hydrogen-bond donors (Lipinski definition) is 0. The van der Waals surface area contributed by atoms with Crippen molar-refractivity contribution in [2.75, 3.05) is 12.8 Å². The molecule has 1 aromatic heterocycles. The third-order valence-corrected chi connectivity index (χ3v) is 4.75. The van der Waals surface area contributed by atoms with Crippen LogP contribution in [0, 0.1) is 0 Å². The van der Waals surface area contributed by atoms with Crippen molar-refractivity contribution >= 4 is 27.3 Å². The average Bonchev–Trinajstić information content (AvgIpc) is 2.45. The molecule has 21 heavy (non-hydrogen) atoms. The molecule has 6 nitrogen and oxygen atoms in total. The monoisotopic (exact) mass is 331 g/mol. The van der Waals surface area contributed by atoms with Gasteiger partial charge in [-0.05, 0) is 25.7 Å². The topological polar surface area (TPSA) is 80.2 Å². The molecule has 1 unspecified atom stereocenters. The SMILES string of the molecule is CCC1CCCCN1C(=O)c1nc(S(C)(=O)=O)ncc1Cl. The van der Waals surface area contributed by atoms with Crippen LogP contribution in [0.1, 0.15) is 43.1 Å². The fourth-order valence-corrected chi connectivity index (χ4v) is 3.18. The second kappa shape index (κ2) is 6.27. The van der Waals surface area contributed by atoms with Gasteiger partial charge in [0.2, 0.25) is 15.0 Å². The third kappa shape index (κ3) is 3.52. The lowest BCUT2D eigenvalue weighted by Gasteiger charge is -2.35. The number of nitrogens with zero attached hydrogens (tertiary/aromatic N) is 3. The molecule has 1 amide bonds. The van der Waals surface area contributed by atoms with E-state index in [9.17, 15) is 13.2 Å². The number of rotatable bonds is 3. The van der Waals surface area contributed by atoms with E-state index in [1.807, 2.05) is 6.92 Å². The first-order valence-corrected chi connectivity index (χ1v) is 9.15. The van der Waals surface area contributed by atoms with Crippen LogP contribution in [0.25, 0.3) is 0 Å². The van der Waals surface area contributed by atoms with Gasteiger partial charge in [0, 0.05) is 18.8 Å². The van der Waals surface area contributed by atoms with Crippen LogP contribution in [0.15, 0.2) is 11.4 Å². The Balaban J connectivity index is 2.38. The summed E-state index contributed by atoms with van der Waals surface area (Å²) < 4.78 is 23.0. The van der Waals surface area contributed by atoms with Gasteiger partial charge in [-0.2, -0.15) is 0 Å². The summed E-state index contributed by atoms with van der Waals surface area (Å²) >= 11 is 5.98. The number of carbonyl (C=O) groups is 1. The Morgan fingerprint density at radius 1 is 1.48 bits per heavy atom. The minimum absolute atomic E-state index is 0.0348. The zero-order valence-electron chi connectivity index (χ0n) is 12.0. The minimum Gasteiger partial charge on any atom is -0.334 e. The van der Waals surface area contributed by atoms with Crippen molar-refractivity contribution in [3.05, 3.63) is 16.9 Å². The third-order valence-electron chi connectivity index (χ3n) is 3.62. The molecule has 1 atom stereocenters. The molecule has 1 aliphatic heterocycles. The van der Waals surface area contributed by atoms with Gasteiger partial charge in [0.15, 0.2) is 5.69 Å². The predicted molar refractivity (Wildman–Crippen MR) is 79.1 cm³/mol. The molecule has 1 saturated heterocycles. The molecule has 0 bridgehead atoms. The smallest absolute Gasteiger partial charge is 0.274 e. The van der Waals surface area contributed by atoms with Crippen molar-refractivity contribution in [1.29, 1.82) is 0 Å². The van der Waals surface area contributed by atoms with Crippen LogP contribution in [0.2, 0.25) is 5.02 Å². The van der Waals surface area contributed by atoms with Crippen LogP contribution in [0.5, 0.6) is 0 Å². The van der Waals surface area contributed by atoms with Crippen molar-refractivity contribution in [2.45, 2.75) is 43.8 Å². The molecule has 0 aromatic carbocycles. The van der Waals surface area contributed by atoms with Gasteiger partial charge in [-0.15, -0.1) is 0 Å². The standard InChI is InChI=1S/C13H18ClN3O3S/c1-3-9-6-4-5-7-17(9)12(18)11-10(14)8-15-13(16-11)21(2,19)20/h8-9H,3-7H2,1-2H3. The first-order valence-electron chi connectivity index (χ1n) is 6.88. The summed E-state index contributed by atoms with van der Waals surface area (Å²) in [6, 6.07) is 0.152. The summed E-state index contributed by atoms with van der Waals surface area (Å²) in [5, 5.41) is -0.298. The number of sulfone groups is 1. The van der Waals surface area contributed by atoms with Crippen LogP contribution in [-0.2, 0) is 9.84 Å². The van der Waals surface area contributed by atoms with E-state index in [1.54, 1.807) is 4.90 Å². The largest absolute Gasteiger partial charge is 0.334 e. The molecule has 0 N–H and O–H groups in total. The van der Waals surface area contributed by atoms with Crippen molar-refractivity contribution in [3.63, 3.8) is 0 Å². The first-order chi connectivity index (χ1) is 9.84. The van der Waals surface area contributed by atoms with Crippen LogP contribution >= 0.6 is 11.6 Å².